The Morgan fingerprint density at radius 1 is 1.48 bits per heavy atom. The average molecular weight is 315 g/mol. The van der Waals surface area contributed by atoms with Crippen LogP contribution in [0.1, 0.15) is 50.9 Å². The molecule has 2 aromatic rings. The van der Waals surface area contributed by atoms with Crippen molar-refractivity contribution in [1.29, 1.82) is 0 Å². The summed E-state index contributed by atoms with van der Waals surface area (Å²) in [5.74, 6) is 2.08. The van der Waals surface area contributed by atoms with Crippen LogP contribution in [0.5, 0.6) is 0 Å². The number of nitrogens with zero attached hydrogens (tertiary/aromatic N) is 2. The van der Waals surface area contributed by atoms with Crippen LogP contribution in [0.15, 0.2) is 29.0 Å². The number of imidazole rings is 1. The van der Waals surface area contributed by atoms with Gasteiger partial charge in [0, 0.05) is 43.5 Å². The lowest BCUT2D eigenvalue weighted by Gasteiger charge is -2.24. The number of fused-ring (bicyclic) bond motifs is 1. The highest BCUT2D eigenvalue weighted by Gasteiger charge is 2.25. The van der Waals surface area contributed by atoms with Crippen molar-refractivity contribution in [2.45, 2.75) is 64.5 Å². The Morgan fingerprint density at radius 2 is 2.30 bits per heavy atom. The Hall–Kier alpha value is -2.04. The lowest BCUT2D eigenvalue weighted by Crippen LogP contribution is -2.40. The molecule has 0 bridgehead atoms. The molecule has 0 saturated heterocycles. The summed E-state index contributed by atoms with van der Waals surface area (Å²) in [6, 6.07) is 3.94. The number of amides is 1. The van der Waals surface area contributed by atoms with E-state index in [4.69, 9.17) is 9.40 Å². The second-order valence-electron chi connectivity index (χ2n) is 7.33. The van der Waals surface area contributed by atoms with E-state index in [9.17, 15) is 4.79 Å². The molecule has 0 aromatic carbocycles. The standard InChI is InChI=1S/C18H25N3O2/c1-18(2,3)15-12-21-11-13(6-8-16(21)20-15)19-17(22)9-7-14-5-4-10-23-14/h4-5,10,12-13H,6-9,11H2,1-3H3,(H,19,22). The predicted octanol–water partition coefficient (Wildman–Crippen LogP) is 2.84. The zero-order valence-electron chi connectivity index (χ0n) is 14.1. The highest BCUT2D eigenvalue weighted by atomic mass is 16.3. The van der Waals surface area contributed by atoms with Gasteiger partial charge in [0.25, 0.3) is 0 Å². The molecule has 1 unspecified atom stereocenters. The maximum Gasteiger partial charge on any atom is 0.220 e. The maximum atomic E-state index is 12.1. The molecule has 5 heteroatoms. The smallest absolute Gasteiger partial charge is 0.220 e. The molecule has 0 radical (unpaired) electrons. The third kappa shape index (κ3) is 3.84. The van der Waals surface area contributed by atoms with E-state index < -0.39 is 0 Å². The lowest BCUT2D eigenvalue weighted by molar-refractivity contribution is -0.122. The molecule has 124 valence electrons. The predicted molar refractivity (Wildman–Crippen MR) is 88.2 cm³/mol. The monoisotopic (exact) mass is 315 g/mol. The van der Waals surface area contributed by atoms with Crippen LogP contribution < -0.4 is 5.32 Å². The Balaban J connectivity index is 1.55. The summed E-state index contributed by atoms with van der Waals surface area (Å²) in [6.45, 7) is 7.34. The number of furan rings is 1. The van der Waals surface area contributed by atoms with E-state index in [0.29, 0.717) is 12.8 Å². The molecule has 1 aliphatic heterocycles. The van der Waals surface area contributed by atoms with Crippen LogP contribution in [0.3, 0.4) is 0 Å². The molecule has 1 atom stereocenters. The molecule has 0 aliphatic carbocycles. The Morgan fingerprint density at radius 3 is 3.00 bits per heavy atom. The molecule has 1 N–H and O–H groups in total. The van der Waals surface area contributed by atoms with Crippen molar-refractivity contribution < 1.29 is 9.21 Å². The van der Waals surface area contributed by atoms with Gasteiger partial charge in [-0.2, -0.15) is 0 Å². The van der Waals surface area contributed by atoms with Crippen LogP contribution in [0.25, 0.3) is 0 Å². The zero-order valence-corrected chi connectivity index (χ0v) is 14.1. The summed E-state index contributed by atoms with van der Waals surface area (Å²) in [5, 5.41) is 3.14. The number of aromatic nitrogens is 2. The molecule has 3 heterocycles. The van der Waals surface area contributed by atoms with Crippen LogP contribution >= 0.6 is 0 Å². The SMILES string of the molecule is CC(C)(C)c1cn2c(n1)CCC(NC(=O)CCc1ccco1)C2. The fourth-order valence-electron chi connectivity index (χ4n) is 2.91. The van der Waals surface area contributed by atoms with Crippen LogP contribution in [-0.4, -0.2) is 21.5 Å². The molecule has 0 spiro atoms. The van der Waals surface area contributed by atoms with E-state index in [1.54, 1.807) is 6.26 Å². The molecule has 3 rings (SSSR count). The number of carbonyl (C=O) groups excluding carboxylic acids is 1. The van der Waals surface area contributed by atoms with Gasteiger partial charge >= 0.3 is 0 Å². The van der Waals surface area contributed by atoms with Gasteiger partial charge < -0.3 is 14.3 Å². The minimum atomic E-state index is 0.0616. The fraction of sp³-hybridized carbons (Fsp3) is 0.556. The first kappa shape index (κ1) is 15.8. The van der Waals surface area contributed by atoms with Gasteiger partial charge in [0.15, 0.2) is 0 Å². The second kappa shape index (κ2) is 6.22. The van der Waals surface area contributed by atoms with Crippen LogP contribution in [0.2, 0.25) is 0 Å². The molecule has 0 saturated carbocycles. The van der Waals surface area contributed by atoms with Crippen molar-refractivity contribution in [2.75, 3.05) is 0 Å². The Kier molecular flexibility index (Phi) is 4.28. The number of hydrogen-bond donors (Lipinski definition) is 1. The molecule has 5 nitrogen and oxygen atoms in total. The van der Waals surface area contributed by atoms with E-state index in [2.05, 4.69) is 36.9 Å². The fourth-order valence-corrected chi connectivity index (χ4v) is 2.91. The molecule has 2 aromatic heterocycles. The maximum absolute atomic E-state index is 12.1. The van der Waals surface area contributed by atoms with E-state index in [1.807, 2.05) is 12.1 Å². The van der Waals surface area contributed by atoms with E-state index in [-0.39, 0.29) is 17.4 Å². The molecule has 23 heavy (non-hydrogen) atoms. The number of carbonyl (C=O) groups is 1. The minimum absolute atomic E-state index is 0.0616. The van der Waals surface area contributed by atoms with Crippen molar-refractivity contribution in [3.8, 4) is 0 Å². The third-order valence-corrected chi connectivity index (χ3v) is 4.30. The summed E-state index contributed by atoms with van der Waals surface area (Å²) in [6.07, 6.45) is 6.76. The molecule has 1 aliphatic rings. The van der Waals surface area contributed by atoms with Crippen molar-refractivity contribution >= 4 is 5.91 Å². The summed E-state index contributed by atoms with van der Waals surface area (Å²) in [7, 11) is 0. The average Bonchev–Trinajstić information content (AvgIpc) is 3.13. The zero-order chi connectivity index (χ0) is 16.4. The van der Waals surface area contributed by atoms with E-state index in [1.165, 1.54) is 0 Å². The van der Waals surface area contributed by atoms with Gasteiger partial charge in [-0.3, -0.25) is 4.79 Å². The molecular weight excluding hydrogens is 290 g/mol. The van der Waals surface area contributed by atoms with Gasteiger partial charge in [0.2, 0.25) is 5.91 Å². The number of hydrogen-bond acceptors (Lipinski definition) is 3. The summed E-state index contributed by atoms with van der Waals surface area (Å²) >= 11 is 0. The Labute approximate surface area is 137 Å². The summed E-state index contributed by atoms with van der Waals surface area (Å²) in [5.41, 5.74) is 1.18. The largest absolute Gasteiger partial charge is 0.469 e. The van der Waals surface area contributed by atoms with Crippen molar-refractivity contribution in [3.63, 3.8) is 0 Å². The van der Waals surface area contributed by atoms with Gasteiger partial charge in [-0.1, -0.05) is 20.8 Å². The van der Waals surface area contributed by atoms with Gasteiger partial charge in [-0.05, 0) is 18.6 Å². The van der Waals surface area contributed by atoms with Gasteiger partial charge in [-0.15, -0.1) is 0 Å². The third-order valence-electron chi connectivity index (χ3n) is 4.30. The summed E-state index contributed by atoms with van der Waals surface area (Å²) in [4.78, 5) is 16.8. The van der Waals surface area contributed by atoms with Crippen molar-refractivity contribution in [2.24, 2.45) is 0 Å². The second-order valence-corrected chi connectivity index (χ2v) is 7.33. The summed E-state index contributed by atoms with van der Waals surface area (Å²) < 4.78 is 7.46. The normalized spacial score (nSPS) is 17.8. The van der Waals surface area contributed by atoms with Crippen molar-refractivity contribution in [3.05, 3.63) is 41.9 Å². The van der Waals surface area contributed by atoms with Gasteiger partial charge in [0.1, 0.15) is 11.6 Å². The first-order valence-corrected chi connectivity index (χ1v) is 8.30. The van der Waals surface area contributed by atoms with Gasteiger partial charge in [-0.25, -0.2) is 4.98 Å². The molecule has 0 fully saturated rings. The topological polar surface area (TPSA) is 60.1 Å². The van der Waals surface area contributed by atoms with Crippen molar-refractivity contribution in [1.82, 2.24) is 14.9 Å². The highest BCUT2D eigenvalue weighted by Crippen LogP contribution is 2.24. The molecule has 1 amide bonds. The van der Waals surface area contributed by atoms with E-state index in [0.717, 1.165) is 36.7 Å². The first-order valence-electron chi connectivity index (χ1n) is 8.30. The first-order chi connectivity index (χ1) is 10.9. The van der Waals surface area contributed by atoms with E-state index >= 15 is 0 Å². The van der Waals surface area contributed by atoms with Crippen LogP contribution in [0, 0.1) is 0 Å². The van der Waals surface area contributed by atoms with Gasteiger partial charge in [0.05, 0.1) is 12.0 Å². The lowest BCUT2D eigenvalue weighted by atomic mass is 9.93. The number of aryl methyl sites for hydroxylation is 2. The van der Waals surface area contributed by atoms with Crippen LogP contribution in [0.4, 0.5) is 0 Å². The highest BCUT2D eigenvalue weighted by molar-refractivity contribution is 5.76. The number of rotatable bonds is 4. The van der Waals surface area contributed by atoms with Crippen LogP contribution in [-0.2, 0) is 29.6 Å². The quantitative estimate of drug-likeness (QED) is 0.944. The number of nitrogens with one attached hydrogen (secondary N) is 1. The molecular formula is C18H25N3O2. The Bertz CT molecular complexity index is 665. The minimum Gasteiger partial charge on any atom is -0.469 e.